The number of ether oxygens (including phenoxy) is 4. The van der Waals surface area contributed by atoms with Gasteiger partial charge < -0.3 is 34.4 Å². The number of halogens is 1. The predicted molar refractivity (Wildman–Crippen MR) is 119 cm³/mol. The molecule has 3 N–H and O–H groups in total. The smallest absolute Gasteiger partial charge is 0.296 e. The molecule has 5 rings (SSSR count). The molecule has 12 heteroatoms. The summed E-state index contributed by atoms with van der Waals surface area (Å²) in [5, 5.41) is 18.1. The van der Waals surface area contributed by atoms with Crippen molar-refractivity contribution in [2.75, 3.05) is 32.2 Å². The number of anilines is 1. The molecule has 33 heavy (non-hydrogen) atoms. The number of nitrogens with zero attached hydrogens (tertiary/aromatic N) is 4. The minimum absolute atomic E-state index is 0.244. The molecule has 3 aromatic rings. The van der Waals surface area contributed by atoms with E-state index in [4.69, 9.17) is 30.5 Å². The van der Waals surface area contributed by atoms with Gasteiger partial charge in [0.2, 0.25) is 0 Å². The Hall–Kier alpha value is -2.44. The topological polar surface area (TPSA) is 129 Å². The Morgan fingerprint density at radius 2 is 2.15 bits per heavy atom. The maximum absolute atomic E-state index is 9.88. The van der Waals surface area contributed by atoms with Gasteiger partial charge in [-0.25, -0.2) is 4.98 Å². The van der Waals surface area contributed by atoms with Crippen LogP contribution in [-0.2, 0) is 27.3 Å². The Morgan fingerprint density at radius 3 is 3.03 bits per heavy atom. The zero-order valence-corrected chi connectivity index (χ0v) is 19.0. The summed E-state index contributed by atoms with van der Waals surface area (Å²) < 4.78 is 24.1. The Kier molecular flexibility index (Phi) is 6.65. The molecule has 0 amide bonds. The quantitative estimate of drug-likeness (QED) is 0.373. The Balaban J connectivity index is 1.20. The number of aliphatic hydroxyl groups excluding tert-OH is 1. The molecule has 0 saturated carbocycles. The first-order chi connectivity index (χ1) is 16.1. The molecule has 4 atom stereocenters. The van der Waals surface area contributed by atoms with Gasteiger partial charge in [-0.15, -0.1) is 0 Å². The van der Waals surface area contributed by atoms with E-state index in [0.717, 1.165) is 31.7 Å². The summed E-state index contributed by atoms with van der Waals surface area (Å²) in [6.45, 7) is 2.66. The molecular formula is C21H27ClN6O5. The van der Waals surface area contributed by atoms with E-state index in [0.29, 0.717) is 41.2 Å². The van der Waals surface area contributed by atoms with Crippen LogP contribution in [0.15, 0.2) is 18.3 Å². The predicted octanol–water partition coefficient (Wildman–Crippen LogP) is 1.75. The number of unbranched alkanes of at least 4 members (excludes halogenated alkanes) is 1. The number of pyridine rings is 1. The largest absolute Gasteiger partial charge is 0.456 e. The number of aryl methyl sites for hydroxylation is 1. The van der Waals surface area contributed by atoms with Gasteiger partial charge >= 0.3 is 0 Å². The molecule has 2 saturated heterocycles. The minimum atomic E-state index is -0.629. The van der Waals surface area contributed by atoms with E-state index in [1.54, 1.807) is 13.2 Å². The summed E-state index contributed by atoms with van der Waals surface area (Å²) in [6.07, 6.45) is 2.31. The van der Waals surface area contributed by atoms with Crippen LogP contribution in [0.1, 0.15) is 18.5 Å². The van der Waals surface area contributed by atoms with Gasteiger partial charge in [0, 0.05) is 26.5 Å². The fourth-order valence-electron chi connectivity index (χ4n) is 4.08. The van der Waals surface area contributed by atoms with E-state index < -0.39 is 6.10 Å². The molecule has 178 valence electrons. The van der Waals surface area contributed by atoms with Crippen molar-refractivity contribution in [1.29, 1.82) is 0 Å². The maximum Gasteiger partial charge on any atom is 0.296 e. The van der Waals surface area contributed by atoms with Crippen molar-refractivity contribution in [1.82, 2.24) is 24.7 Å². The van der Waals surface area contributed by atoms with Crippen LogP contribution < -0.4 is 10.1 Å². The van der Waals surface area contributed by atoms with E-state index >= 15 is 0 Å². The SMILES string of the molecule is COCCCCn1ccc(CNc2nc3nc(O[C@@H]4CO[C@H]5[C@@H]4OC[C@H]5O)[nH]c3cc2Cl)n1. The lowest BCUT2D eigenvalue weighted by Crippen LogP contribution is -2.34. The fourth-order valence-corrected chi connectivity index (χ4v) is 4.30. The molecule has 2 fully saturated rings. The molecule has 3 aromatic heterocycles. The van der Waals surface area contributed by atoms with Crippen molar-refractivity contribution in [2.24, 2.45) is 0 Å². The minimum Gasteiger partial charge on any atom is -0.456 e. The lowest BCUT2D eigenvalue weighted by atomic mass is 10.1. The molecule has 5 heterocycles. The van der Waals surface area contributed by atoms with Crippen LogP contribution in [0, 0.1) is 0 Å². The third kappa shape index (κ3) is 4.92. The monoisotopic (exact) mass is 478 g/mol. The summed E-state index contributed by atoms with van der Waals surface area (Å²) in [5.41, 5.74) is 2.02. The molecule has 11 nitrogen and oxygen atoms in total. The third-order valence-corrected chi connectivity index (χ3v) is 6.06. The highest BCUT2D eigenvalue weighted by Gasteiger charge is 2.48. The summed E-state index contributed by atoms with van der Waals surface area (Å²) in [4.78, 5) is 12.0. The van der Waals surface area contributed by atoms with Crippen molar-refractivity contribution < 1.29 is 24.1 Å². The zero-order valence-electron chi connectivity index (χ0n) is 18.2. The Labute approximate surface area is 195 Å². The van der Waals surface area contributed by atoms with Crippen molar-refractivity contribution in [3.63, 3.8) is 0 Å². The van der Waals surface area contributed by atoms with Crippen molar-refractivity contribution in [3.05, 3.63) is 29.0 Å². The molecule has 0 aliphatic carbocycles. The lowest BCUT2D eigenvalue weighted by Gasteiger charge is -2.15. The van der Waals surface area contributed by atoms with Gasteiger partial charge in [0.25, 0.3) is 6.01 Å². The van der Waals surface area contributed by atoms with Gasteiger partial charge in [-0.05, 0) is 25.0 Å². The fraction of sp³-hybridized carbons (Fsp3) is 0.571. The van der Waals surface area contributed by atoms with E-state index in [1.807, 2.05) is 16.9 Å². The van der Waals surface area contributed by atoms with Crippen LogP contribution >= 0.6 is 11.6 Å². The highest BCUT2D eigenvalue weighted by atomic mass is 35.5. The lowest BCUT2D eigenvalue weighted by molar-refractivity contribution is 0.00706. The highest BCUT2D eigenvalue weighted by Crippen LogP contribution is 2.30. The number of nitrogens with one attached hydrogen (secondary N) is 2. The molecular weight excluding hydrogens is 452 g/mol. The molecule has 0 bridgehead atoms. The van der Waals surface area contributed by atoms with E-state index in [1.165, 1.54) is 0 Å². The van der Waals surface area contributed by atoms with Crippen molar-refractivity contribution >= 4 is 28.6 Å². The molecule has 2 aliphatic rings. The van der Waals surface area contributed by atoms with Gasteiger partial charge in [0.1, 0.15) is 24.1 Å². The van der Waals surface area contributed by atoms with Crippen LogP contribution in [0.2, 0.25) is 5.02 Å². The second kappa shape index (κ2) is 9.82. The van der Waals surface area contributed by atoms with Crippen LogP contribution in [0.3, 0.4) is 0 Å². The van der Waals surface area contributed by atoms with Crippen LogP contribution in [0.4, 0.5) is 5.82 Å². The van der Waals surface area contributed by atoms with Gasteiger partial charge in [0.05, 0.1) is 36.0 Å². The maximum atomic E-state index is 9.88. The van der Waals surface area contributed by atoms with Gasteiger partial charge in [-0.1, -0.05) is 11.6 Å². The van der Waals surface area contributed by atoms with Crippen LogP contribution in [0.25, 0.3) is 11.2 Å². The number of methoxy groups -OCH3 is 1. The Bertz CT molecular complexity index is 1090. The number of hydrogen-bond donors (Lipinski definition) is 3. The number of rotatable bonds is 10. The Morgan fingerprint density at radius 1 is 1.27 bits per heavy atom. The number of imidazole rings is 1. The number of hydrogen-bond acceptors (Lipinski definition) is 9. The number of H-pyrrole nitrogens is 1. The average Bonchev–Trinajstić information content (AvgIpc) is 3.57. The van der Waals surface area contributed by atoms with Crippen LogP contribution in [-0.4, -0.2) is 81.2 Å². The first-order valence-electron chi connectivity index (χ1n) is 11.0. The van der Waals surface area contributed by atoms with Gasteiger partial charge in [0.15, 0.2) is 11.8 Å². The van der Waals surface area contributed by atoms with Crippen molar-refractivity contribution in [3.8, 4) is 6.01 Å². The highest BCUT2D eigenvalue weighted by molar-refractivity contribution is 6.33. The van der Waals surface area contributed by atoms with Crippen LogP contribution in [0.5, 0.6) is 6.01 Å². The van der Waals surface area contributed by atoms with E-state index in [-0.39, 0.29) is 24.9 Å². The molecule has 0 aromatic carbocycles. The second-order valence-electron chi connectivity index (χ2n) is 8.18. The summed E-state index contributed by atoms with van der Waals surface area (Å²) in [7, 11) is 1.71. The molecule has 0 radical (unpaired) electrons. The first-order valence-corrected chi connectivity index (χ1v) is 11.4. The average molecular weight is 479 g/mol. The molecule has 0 spiro atoms. The molecule has 2 aliphatic heterocycles. The number of aromatic amines is 1. The number of aliphatic hydroxyl groups is 1. The summed E-state index contributed by atoms with van der Waals surface area (Å²) in [6, 6.07) is 4.02. The van der Waals surface area contributed by atoms with Crippen molar-refractivity contribution in [2.45, 2.75) is 50.3 Å². The standard InChI is InChI=1S/C21H27ClN6O5/c1-30-7-3-2-5-28-6-4-12(27-28)9-23-19-13(22)8-14-20(25-19)26-21(24-14)33-16-11-32-17-15(29)10-31-18(16)17/h4,6,8,15-18,29H,2-3,5,7,9-11H2,1H3,(H2,23,24,25,26)/t15-,16-,17-,18-/m1/s1. The number of fused-ring (bicyclic) bond motifs is 2. The van der Waals surface area contributed by atoms with E-state index in [9.17, 15) is 5.11 Å². The second-order valence-corrected chi connectivity index (χ2v) is 8.58. The summed E-state index contributed by atoms with van der Waals surface area (Å²) >= 11 is 6.42. The van der Waals surface area contributed by atoms with E-state index in [2.05, 4.69) is 25.4 Å². The molecule has 0 unspecified atom stereocenters. The van der Waals surface area contributed by atoms with Gasteiger partial charge in [-0.3, -0.25) is 4.68 Å². The third-order valence-electron chi connectivity index (χ3n) is 5.77. The first kappa shape index (κ1) is 22.4. The zero-order chi connectivity index (χ0) is 22.8. The van der Waals surface area contributed by atoms with Gasteiger partial charge in [-0.2, -0.15) is 10.1 Å². The summed E-state index contributed by atoms with van der Waals surface area (Å²) in [5.74, 6) is 0.517. The normalized spacial score (nSPS) is 24.5. The number of aromatic nitrogens is 5.